The van der Waals surface area contributed by atoms with E-state index in [0.717, 1.165) is 0 Å². The maximum atomic E-state index is 2.25. The summed E-state index contributed by atoms with van der Waals surface area (Å²) in [5, 5.41) is 2.15. The second-order valence-electron chi connectivity index (χ2n) is 0.633. The molecule has 0 aromatic rings. The highest BCUT2D eigenvalue weighted by Crippen LogP contribution is 2.24. The molecule has 0 amide bonds. The quantitative estimate of drug-likeness (QED) is 0.536. The van der Waals surface area contributed by atoms with E-state index in [0.29, 0.717) is 19.3 Å². The molecule has 1 aliphatic rings. The molecule has 0 radical (unpaired) electrons. The molecule has 0 N–H and O–H groups in total. The third kappa shape index (κ3) is 1.05. The van der Waals surface area contributed by atoms with Gasteiger partial charge >= 0.3 is 0 Å². The summed E-state index contributed by atoms with van der Waals surface area (Å²) in [5.41, 5.74) is 0. The zero-order chi connectivity index (χ0) is 3.54. The Kier molecular flexibility index (Phi) is 1.52. The Morgan fingerprint density at radius 2 is 2.60 bits per heavy atom. The fourth-order valence-electron chi connectivity index (χ4n) is 0.148. The third-order valence-electron chi connectivity index (χ3n) is 0.306. The summed E-state index contributed by atoms with van der Waals surface area (Å²) >= 11 is 0.423. The van der Waals surface area contributed by atoms with Gasteiger partial charge in [-0.05, 0) is 34.8 Å². The van der Waals surface area contributed by atoms with Gasteiger partial charge in [0, 0.05) is 0 Å². The molecule has 0 aliphatic carbocycles. The van der Waals surface area contributed by atoms with Crippen LogP contribution < -0.4 is 0 Å². The van der Waals surface area contributed by atoms with Crippen molar-refractivity contribution in [3.8, 4) is 0 Å². The summed E-state index contributed by atoms with van der Waals surface area (Å²) < 4.78 is 2.25. The zero-order valence-electron chi connectivity index (χ0n) is 2.52. The van der Waals surface area contributed by atoms with Crippen LogP contribution in [-0.4, -0.2) is 4.01 Å². The van der Waals surface area contributed by atoms with Crippen molar-refractivity contribution in [2.45, 2.75) is 0 Å². The zero-order valence-corrected chi connectivity index (χ0v) is 5.49. The van der Waals surface area contributed by atoms with Crippen LogP contribution in [-0.2, 0) is 0 Å². The molecule has 5 heavy (non-hydrogen) atoms. The van der Waals surface area contributed by atoms with E-state index in [2.05, 4.69) is 15.5 Å². The molecule has 0 saturated heterocycles. The lowest BCUT2D eigenvalue weighted by Crippen LogP contribution is -1.36. The van der Waals surface area contributed by atoms with Crippen LogP contribution >= 0.6 is 28.3 Å². The van der Waals surface area contributed by atoms with Crippen molar-refractivity contribution >= 4 is 32.3 Å². The largest absolute Gasteiger partial charge is 0.0670 e. The second-order valence-corrected chi connectivity index (χ2v) is 5.03. The summed E-state index contributed by atoms with van der Waals surface area (Å²) in [6.45, 7) is 0. The Morgan fingerprint density at radius 1 is 1.60 bits per heavy atom. The van der Waals surface area contributed by atoms with E-state index in [9.17, 15) is 0 Å². The number of rotatable bonds is 0. The fraction of sp³-hybridized carbons (Fsp3) is 0. The maximum Gasteiger partial charge on any atom is -0.0185 e. The van der Waals surface area contributed by atoms with Gasteiger partial charge in [0.15, 0.2) is 0 Å². The Morgan fingerprint density at radius 3 is 2.80 bits per heavy atom. The Labute approximate surface area is 43.8 Å². The smallest absolute Gasteiger partial charge is 0.0185 e. The van der Waals surface area contributed by atoms with Crippen LogP contribution in [0.25, 0.3) is 0 Å². The Bertz CT molecular complexity index is 65.0. The number of hydrogen-bond donors (Lipinski definition) is 0. The van der Waals surface area contributed by atoms with Crippen LogP contribution in [0.1, 0.15) is 0 Å². The van der Waals surface area contributed by atoms with Crippen molar-refractivity contribution in [3.05, 3.63) is 11.5 Å². The standard InChI is InChI=1S/C3H3IS/c1-2-4-5-3-1/h1-3H. The molecule has 0 unspecified atom stereocenters. The second kappa shape index (κ2) is 1.97. The molecule has 1 aliphatic heterocycles. The van der Waals surface area contributed by atoms with Gasteiger partial charge in [0.1, 0.15) is 0 Å². The van der Waals surface area contributed by atoms with Crippen LogP contribution in [0.2, 0.25) is 0 Å². The molecule has 0 aromatic carbocycles. The molecule has 2 heteroatoms. The monoisotopic (exact) mass is 198 g/mol. The summed E-state index contributed by atoms with van der Waals surface area (Å²) in [4.78, 5) is 0. The Balaban J connectivity index is 2.61. The van der Waals surface area contributed by atoms with Crippen LogP contribution in [0.15, 0.2) is 11.5 Å². The lowest BCUT2D eigenvalue weighted by atomic mass is 10.8. The molecular formula is C3H3IS. The lowest BCUT2D eigenvalue weighted by molar-refractivity contribution is 2.50. The molecule has 0 aromatic heterocycles. The summed E-state index contributed by atoms with van der Waals surface area (Å²) in [6, 6.07) is 0. The highest BCUT2D eigenvalue weighted by Gasteiger charge is 1.73. The van der Waals surface area contributed by atoms with Crippen LogP contribution in [0.5, 0.6) is 0 Å². The highest BCUT2D eigenvalue weighted by molar-refractivity contribution is 14.2. The van der Waals surface area contributed by atoms with Gasteiger partial charge in [0.25, 0.3) is 0 Å². The van der Waals surface area contributed by atoms with Gasteiger partial charge in [0.2, 0.25) is 0 Å². The molecule has 0 fully saturated rings. The first-order chi connectivity index (χ1) is 2.50. The van der Waals surface area contributed by atoms with Crippen molar-refractivity contribution in [2.75, 3.05) is 0 Å². The number of hydrogen-bond acceptors (Lipinski definition) is 1. The van der Waals surface area contributed by atoms with E-state index in [1.54, 1.807) is 0 Å². The fourth-order valence-corrected chi connectivity index (χ4v) is 2.99. The maximum absolute atomic E-state index is 2.25. The Hall–Kier alpha value is 0.690. The molecule has 0 bridgehead atoms. The van der Waals surface area contributed by atoms with E-state index in [1.165, 1.54) is 0 Å². The minimum atomic E-state index is 0.423. The predicted octanol–water partition coefficient (Wildman–Crippen LogP) is 1.93. The molecule has 1 rings (SSSR count). The van der Waals surface area contributed by atoms with Crippen molar-refractivity contribution < 1.29 is 0 Å². The van der Waals surface area contributed by atoms with Gasteiger partial charge in [-0.2, -0.15) is 0 Å². The van der Waals surface area contributed by atoms with Crippen molar-refractivity contribution in [1.29, 1.82) is 0 Å². The summed E-state index contributed by atoms with van der Waals surface area (Å²) in [7, 11) is 1.95. The first kappa shape index (κ1) is 3.87. The van der Waals surface area contributed by atoms with Gasteiger partial charge in [-0.15, -0.1) is 0 Å². The third-order valence-corrected chi connectivity index (χ3v) is 3.83. The van der Waals surface area contributed by atoms with E-state index < -0.39 is 0 Å². The van der Waals surface area contributed by atoms with Crippen molar-refractivity contribution in [2.24, 2.45) is 0 Å². The van der Waals surface area contributed by atoms with Crippen molar-refractivity contribution in [3.63, 3.8) is 0 Å². The minimum absolute atomic E-state index is 0.423. The van der Waals surface area contributed by atoms with Crippen LogP contribution in [0.4, 0.5) is 0 Å². The normalized spacial score (nSPS) is 19.2. The van der Waals surface area contributed by atoms with Gasteiger partial charge < -0.3 is 0 Å². The van der Waals surface area contributed by atoms with E-state index in [4.69, 9.17) is 0 Å². The first-order valence-electron chi connectivity index (χ1n) is 1.27. The molecule has 28 valence electrons. The van der Waals surface area contributed by atoms with E-state index >= 15 is 0 Å². The molecule has 0 nitrogen and oxygen atoms in total. The summed E-state index contributed by atoms with van der Waals surface area (Å²) in [5.74, 6) is 0. The molecular weight excluding hydrogens is 195 g/mol. The SMILES string of the molecule is C1=CSI=C1. The molecule has 0 atom stereocenters. The minimum Gasteiger partial charge on any atom is -0.0670 e. The van der Waals surface area contributed by atoms with Crippen LogP contribution in [0.3, 0.4) is 0 Å². The van der Waals surface area contributed by atoms with E-state index in [1.807, 2.05) is 8.93 Å². The van der Waals surface area contributed by atoms with Gasteiger partial charge in [0.05, 0.1) is 0 Å². The summed E-state index contributed by atoms with van der Waals surface area (Å²) in [6.07, 6.45) is 2.12. The molecule has 0 spiro atoms. The average Bonchev–Trinajstić information content (AvgIpc) is 1.76. The number of halogens is 1. The van der Waals surface area contributed by atoms with Crippen LogP contribution in [0, 0.1) is 0 Å². The predicted molar refractivity (Wildman–Crippen MR) is 36.8 cm³/mol. The first-order valence-corrected chi connectivity index (χ1v) is 5.94. The van der Waals surface area contributed by atoms with Gasteiger partial charge in [-0.1, -0.05) is 8.93 Å². The molecule has 0 saturated carbocycles. The van der Waals surface area contributed by atoms with Crippen molar-refractivity contribution in [1.82, 2.24) is 0 Å². The topological polar surface area (TPSA) is 0 Å². The number of allylic oxidation sites excluding steroid dienone is 1. The highest BCUT2D eigenvalue weighted by atomic mass is 127. The average molecular weight is 198 g/mol. The van der Waals surface area contributed by atoms with Gasteiger partial charge in [-0.25, -0.2) is 0 Å². The lowest BCUT2D eigenvalue weighted by Gasteiger charge is -1.56. The van der Waals surface area contributed by atoms with E-state index in [-0.39, 0.29) is 0 Å². The van der Waals surface area contributed by atoms with Gasteiger partial charge in [-0.3, -0.25) is 0 Å². The molecule has 1 heterocycles.